The number of unbranched alkanes of at least 4 members (excludes halogenated alkanes) is 1. The number of amides is 2. The van der Waals surface area contributed by atoms with Gasteiger partial charge in [-0.1, -0.05) is 28.1 Å². The lowest BCUT2D eigenvalue weighted by Gasteiger charge is -2.37. The largest absolute Gasteiger partial charge is 0.491 e. The van der Waals surface area contributed by atoms with E-state index in [9.17, 15) is 4.79 Å². The summed E-state index contributed by atoms with van der Waals surface area (Å²) in [6, 6.07) is 13.7. The summed E-state index contributed by atoms with van der Waals surface area (Å²) in [5.41, 5.74) is 8.98. The zero-order valence-corrected chi connectivity index (χ0v) is 20.9. The number of aryl methyl sites for hydroxylation is 1. The summed E-state index contributed by atoms with van der Waals surface area (Å²) >= 11 is 3.47. The first-order chi connectivity index (χ1) is 16.6. The van der Waals surface area contributed by atoms with E-state index in [1.54, 1.807) is 0 Å². The highest BCUT2D eigenvalue weighted by Gasteiger charge is 2.23. The second-order valence-electron chi connectivity index (χ2n) is 9.01. The number of halogens is 1. The minimum Gasteiger partial charge on any atom is -0.491 e. The number of urea groups is 1. The molecule has 8 heteroatoms. The number of benzene rings is 2. The number of carbonyl (C=O) groups is 1. The van der Waals surface area contributed by atoms with Gasteiger partial charge < -0.3 is 19.8 Å². The van der Waals surface area contributed by atoms with E-state index in [1.165, 1.54) is 16.2 Å². The lowest BCUT2D eigenvalue weighted by atomic mass is 10.0. The second-order valence-corrected chi connectivity index (χ2v) is 9.93. The minimum absolute atomic E-state index is 0.486. The zero-order valence-electron chi connectivity index (χ0n) is 19.3. The number of hydrogen-bond acceptors (Lipinski definition) is 5. The maximum atomic E-state index is 12.1. The van der Waals surface area contributed by atoms with Gasteiger partial charge in [-0.25, -0.2) is 4.79 Å². The molecule has 5 rings (SSSR count). The number of fused-ring (bicyclic) bond motifs is 2. The number of piperazine rings is 1. The molecule has 3 aromatic rings. The molecule has 180 valence electrons. The highest BCUT2D eigenvalue weighted by Crippen LogP contribution is 2.36. The molecule has 7 nitrogen and oxygen atoms in total. The molecule has 0 saturated carbocycles. The predicted octanol–water partition coefficient (Wildman–Crippen LogP) is 5.01. The van der Waals surface area contributed by atoms with E-state index in [0.717, 1.165) is 86.2 Å². The molecule has 3 heterocycles. The van der Waals surface area contributed by atoms with Crippen LogP contribution < -0.4 is 20.3 Å². The number of primary amides is 1. The highest BCUT2D eigenvalue weighted by atomic mass is 79.9. The number of ether oxygens (including phenoxy) is 1. The molecule has 0 aliphatic carbocycles. The van der Waals surface area contributed by atoms with Crippen molar-refractivity contribution in [2.75, 3.05) is 55.7 Å². The van der Waals surface area contributed by atoms with Crippen molar-refractivity contribution < 1.29 is 13.9 Å². The molecule has 34 heavy (non-hydrogen) atoms. The lowest BCUT2D eigenvalue weighted by Crippen LogP contribution is -2.47. The van der Waals surface area contributed by atoms with E-state index >= 15 is 0 Å². The summed E-state index contributed by atoms with van der Waals surface area (Å²) in [5, 5.41) is 0.943. The topological polar surface area (TPSA) is 75.2 Å². The fourth-order valence-corrected chi connectivity index (χ4v) is 5.28. The first kappa shape index (κ1) is 23.1. The molecule has 0 radical (unpaired) electrons. The normalized spacial score (nSPS) is 16.3. The first-order valence-corrected chi connectivity index (χ1v) is 12.9. The molecule has 0 unspecified atom stereocenters. The van der Waals surface area contributed by atoms with Gasteiger partial charge >= 0.3 is 6.03 Å². The second kappa shape index (κ2) is 10.3. The molecule has 0 bridgehead atoms. The number of hydrogen-bond donors (Lipinski definition) is 1. The molecule has 1 aromatic heterocycles. The fourth-order valence-electron chi connectivity index (χ4n) is 4.90. The molecule has 1 fully saturated rings. The molecular weight excluding hydrogens is 496 g/mol. The van der Waals surface area contributed by atoms with Crippen molar-refractivity contribution in [3.05, 3.63) is 52.5 Å². The van der Waals surface area contributed by atoms with Gasteiger partial charge in [0.15, 0.2) is 0 Å². The van der Waals surface area contributed by atoms with Crippen LogP contribution in [-0.2, 0) is 6.42 Å². The molecular formula is C26H31BrN4O3. The number of rotatable bonds is 7. The maximum absolute atomic E-state index is 12.1. The molecule has 2 aromatic carbocycles. The van der Waals surface area contributed by atoms with E-state index in [0.29, 0.717) is 12.4 Å². The monoisotopic (exact) mass is 526 g/mol. The Hall–Kier alpha value is -2.71. The molecule has 2 amide bonds. The Kier molecular flexibility index (Phi) is 6.97. The standard InChI is InChI=1S/C26H31BrN4O3/c27-21-8-9-23-20(17-21)18-24(34-23)31(26(28)32)11-2-1-10-29-12-14-30(15-13-29)22-7-3-5-19-6-4-16-33-25(19)22/h3,5,7-9,17-18H,1-2,4,6,10-16H2,(H2,28,32). The van der Waals surface area contributed by atoms with Crippen LogP contribution in [0.25, 0.3) is 11.0 Å². The Morgan fingerprint density at radius 3 is 2.76 bits per heavy atom. The van der Waals surface area contributed by atoms with Gasteiger partial charge in [-0.2, -0.15) is 0 Å². The third-order valence-corrected chi connectivity index (χ3v) is 7.22. The van der Waals surface area contributed by atoms with Crippen molar-refractivity contribution in [3.63, 3.8) is 0 Å². The summed E-state index contributed by atoms with van der Waals surface area (Å²) in [5.74, 6) is 1.59. The highest BCUT2D eigenvalue weighted by molar-refractivity contribution is 9.10. The number of carbonyl (C=O) groups excluding carboxylic acids is 1. The minimum atomic E-state index is -0.486. The maximum Gasteiger partial charge on any atom is 0.321 e. The zero-order chi connectivity index (χ0) is 23.5. The van der Waals surface area contributed by atoms with Crippen LogP contribution in [0.2, 0.25) is 0 Å². The Balaban J connectivity index is 1.11. The summed E-state index contributed by atoms with van der Waals surface area (Å²) in [6.07, 6.45) is 4.08. The predicted molar refractivity (Wildman–Crippen MR) is 139 cm³/mol. The van der Waals surface area contributed by atoms with E-state index in [2.05, 4.69) is 43.9 Å². The van der Waals surface area contributed by atoms with Gasteiger partial charge in [-0.15, -0.1) is 0 Å². The van der Waals surface area contributed by atoms with Crippen LogP contribution in [0.15, 0.2) is 51.4 Å². The first-order valence-electron chi connectivity index (χ1n) is 12.1. The van der Waals surface area contributed by atoms with Gasteiger partial charge in [-0.3, -0.25) is 9.80 Å². The summed E-state index contributed by atoms with van der Waals surface area (Å²) < 4.78 is 12.8. The van der Waals surface area contributed by atoms with Gasteiger partial charge in [0.05, 0.1) is 12.3 Å². The smallest absolute Gasteiger partial charge is 0.321 e. The molecule has 2 aliphatic heterocycles. The third-order valence-electron chi connectivity index (χ3n) is 6.73. The van der Waals surface area contributed by atoms with Crippen molar-refractivity contribution in [3.8, 4) is 5.75 Å². The Morgan fingerprint density at radius 1 is 1.09 bits per heavy atom. The number of nitrogens with two attached hydrogens (primary N) is 1. The van der Waals surface area contributed by atoms with Crippen LogP contribution in [0.5, 0.6) is 5.75 Å². The van der Waals surface area contributed by atoms with Gasteiger partial charge in [-0.05, 0) is 62.1 Å². The van der Waals surface area contributed by atoms with Gasteiger partial charge in [0, 0.05) is 48.6 Å². The quantitative estimate of drug-likeness (QED) is 0.438. The van der Waals surface area contributed by atoms with E-state index in [-0.39, 0.29) is 0 Å². The Bertz CT molecular complexity index is 1160. The van der Waals surface area contributed by atoms with Crippen LogP contribution in [0.3, 0.4) is 0 Å². The SMILES string of the molecule is NC(=O)N(CCCCN1CCN(c2cccc3c2OCCC3)CC1)c1cc2cc(Br)ccc2o1. The molecule has 0 spiro atoms. The summed E-state index contributed by atoms with van der Waals surface area (Å²) in [6.45, 7) is 6.44. The number of furan rings is 1. The average Bonchev–Trinajstić information content (AvgIpc) is 3.26. The van der Waals surface area contributed by atoms with Crippen molar-refractivity contribution in [2.24, 2.45) is 5.73 Å². The Labute approximate surface area is 208 Å². The third kappa shape index (κ3) is 5.03. The van der Waals surface area contributed by atoms with E-state index < -0.39 is 6.03 Å². The molecule has 0 atom stereocenters. The molecule has 2 N–H and O–H groups in total. The fraction of sp³-hybridized carbons (Fsp3) is 0.423. The average molecular weight is 527 g/mol. The number of anilines is 2. The Morgan fingerprint density at radius 2 is 1.94 bits per heavy atom. The van der Waals surface area contributed by atoms with Gasteiger partial charge in [0.25, 0.3) is 0 Å². The molecule has 2 aliphatic rings. The van der Waals surface area contributed by atoms with Crippen LogP contribution in [0.4, 0.5) is 16.4 Å². The molecule has 1 saturated heterocycles. The lowest BCUT2D eigenvalue weighted by molar-refractivity contribution is 0.246. The van der Waals surface area contributed by atoms with Gasteiger partial charge in [0.1, 0.15) is 11.3 Å². The van der Waals surface area contributed by atoms with Crippen LogP contribution in [0, 0.1) is 0 Å². The van der Waals surface area contributed by atoms with Gasteiger partial charge in [0.2, 0.25) is 5.88 Å². The van der Waals surface area contributed by atoms with Crippen molar-refractivity contribution in [1.82, 2.24) is 4.90 Å². The number of para-hydroxylation sites is 1. The summed E-state index contributed by atoms with van der Waals surface area (Å²) in [7, 11) is 0. The van der Waals surface area contributed by atoms with E-state index in [1.807, 2.05) is 24.3 Å². The summed E-state index contributed by atoms with van der Waals surface area (Å²) in [4.78, 5) is 18.6. The van der Waals surface area contributed by atoms with Crippen LogP contribution in [0.1, 0.15) is 24.8 Å². The van der Waals surface area contributed by atoms with Crippen LogP contribution in [-0.4, -0.2) is 56.8 Å². The van der Waals surface area contributed by atoms with Crippen LogP contribution >= 0.6 is 15.9 Å². The van der Waals surface area contributed by atoms with Crippen molar-refractivity contribution in [1.29, 1.82) is 0 Å². The van der Waals surface area contributed by atoms with E-state index in [4.69, 9.17) is 14.9 Å². The van der Waals surface area contributed by atoms with Crippen molar-refractivity contribution in [2.45, 2.75) is 25.7 Å². The van der Waals surface area contributed by atoms with Crippen molar-refractivity contribution >= 4 is 44.5 Å². The number of nitrogens with zero attached hydrogens (tertiary/aromatic N) is 3.